The summed E-state index contributed by atoms with van der Waals surface area (Å²) in [4.78, 5) is 24.7. The Kier molecular flexibility index (Phi) is 3.00. The number of carbonyl (C=O) groups excluding carboxylic acids is 1. The van der Waals surface area contributed by atoms with E-state index in [1.165, 1.54) is 23.9 Å². The molecule has 1 aliphatic heterocycles. The zero-order valence-electron chi connectivity index (χ0n) is 8.25. The Bertz CT molecular complexity index is 467. The first-order valence-electron chi connectivity index (χ1n) is 4.61. The number of nitro benzene ring substituents is 1. The zero-order chi connectivity index (χ0) is 11.5. The third-order valence-corrected chi connectivity index (χ3v) is 3.07. The fraction of sp³-hybridized carbons (Fsp3) is 0.200. The van der Waals surface area contributed by atoms with Crippen molar-refractivity contribution >= 4 is 28.4 Å². The molecule has 0 atom stereocenters. The number of amides is 1. The van der Waals surface area contributed by atoms with E-state index in [0.29, 0.717) is 12.2 Å². The van der Waals surface area contributed by atoms with Crippen LogP contribution in [0.1, 0.15) is 5.56 Å². The summed E-state index contributed by atoms with van der Waals surface area (Å²) in [6, 6.07) is 6.28. The molecule has 5 nitrogen and oxygen atoms in total. The summed E-state index contributed by atoms with van der Waals surface area (Å²) >= 11 is 1.42. The van der Waals surface area contributed by atoms with Crippen molar-refractivity contribution in [2.75, 3.05) is 5.75 Å². The van der Waals surface area contributed by atoms with E-state index in [2.05, 4.69) is 4.99 Å². The molecule has 0 radical (unpaired) electrons. The minimum absolute atomic E-state index is 0.0702. The SMILES string of the molecule is O=C1CSC(Cc2ccc([N+](=O)[O-])cc2)=N1. The molecular weight excluding hydrogens is 228 g/mol. The number of rotatable bonds is 3. The highest BCUT2D eigenvalue weighted by Crippen LogP contribution is 2.19. The third kappa shape index (κ3) is 2.46. The van der Waals surface area contributed by atoms with Gasteiger partial charge in [-0.2, -0.15) is 0 Å². The van der Waals surface area contributed by atoms with Crippen LogP contribution in [-0.4, -0.2) is 21.6 Å². The van der Waals surface area contributed by atoms with Crippen molar-refractivity contribution in [3.05, 3.63) is 39.9 Å². The average Bonchev–Trinajstić information content (AvgIpc) is 2.65. The van der Waals surface area contributed by atoms with Gasteiger partial charge in [-0.15, -0.1) is 11.8 Å². The number of aliphatic imine (C=N–C) groups is 1. The predicted octanol–water partition coefficient (Wildman–Crippen LogP) is 1.81. The van der Waals surface area contributed by atoms with Crippen LogP contribution < -0.4 is 0 Å². The largest absolute Gasteiger partial charge is 0.272 e. The van der Waals surface area contributed by atoms with E-state index in [1.54, 1.807) is 12.1 Å². The Hall–Kier alpha value is -1.69. The van der Waals surface area contributed by atoms with Gasteiger partial charge in [-0.1, -0.05) is 12.1 Å². The summed E-state index contributed by atoms with van der Waals surface area (Å²) in [6.07, 6.45) is 0.564. The quantitative estimate of drug-likeness (QED) is 0.592. The number of nitrogens with zero attached hydrogens (tertiary/aromatic N) is 2. The Labute approximate surface area is 95.7 Å². The Morgan fingerprint density at radius 3 is 2.56 bits per heavy atom. The molecule has 82 valence electrons. The Morgan fingerprint density at radius 1 is 1.38 bits per heavy atom. The summed E-state index contributed by atoms with van der Waals surface area (Å²) in [7, 11) is 0. The first-order chi connectivity index (χ1) is 7.65. The first kappa shape index (κ1) is 10.8. The molecule has 0 aliphatic carbocycles. The molecule has 0 fully saturated rings. The fourth-order valence-corrected chi connectivity index (χ4v) is 2.14. The van der Waals surface area contributed by atoms with Gasteiger partial charge in [0.15, 0.2) is 0 Å². The van der Waals surface area contributed by atoms with Crippen LogP contribution in [-0.2, 0) is 11.2 Å². The molecule has 0 spiro atoms. The van der Waals surface area contributed by atoms with Gasteiger partial charge in [0, 0.05) is 18.6 Å². The average molecular weight is 236 g/mol. The standard InChI is InChI=1S/C10H8N2O3S/c13-9-6-16-10(11-9)5-7-1-3-8(4-2-7)12(14)15/h1-4H,5-6H2. The normalized spacial score (nSPS) is 15.0. The number of non-ortho nitro benzene ring substituents is 1. The van der Waals surface area contributed by atoms with E-state index >= 15 is 0 Å². The van der Waals surface area contributed by atoms with Crippen LogP contribution in [0.25, 0.3) is 0 Å². The van der Waals surface area contributed by atoms with Gasteiger partial charge in [-0.25, -0.2) is 4.99 Å². The van der Waals surface area contributed by atoms with Gasteiger partial charge >= 0.3 is 0 Å². The van der Waals surface area contributed by atoms with Gasteiger partial charge in [0.2, 0.25) is 0 Å². The molecule has 1 aromatic carbocycles. The highest BCUT2D eigenvalue weighted by molar-refractivity contribution is 8.15. The van der Waals surface area contributed by atoms with Gasteiger partial charge in [-0.05, 0) is 5.56 Å². The molecular formula is C10H8N2O3S. The van der Waals surface area contributed by atoms with Crippen LogP contribution in [0.4, 0.5) is 5.69 Å². The fourth-order valence-electron chi connectivity index (χ4n) is 1.35. The second kappa shape index (κ2) is 4.44. The lowest BCUT2D eigenvalue weighted by molar-refractivity contribution is -0.384. The summed E-state index contributed by atoms with van der Waals surface area (Å²) in [5.41, 5.74) is 0.993. The van der Waals surface area contributed by atoms with Gasteiger partial charge in [0.25, 0.3) is 11.6 Å². The van der Waals surface area contributed by atoms with E-state index in [4.69, 9.17) is 0 Å². The number of benzene rings is 1. The molecule has 2 rings (SSSR count). The molecule has 1 aromatic rings. The number of thioether (sulfide) groups is 1. The number of carbonyl (C=O) groups is 1. The van der Waals surface area contributed by atoms with Crippen LogP contribution >= 0.6 is 11.8 Å². The topological polar surface area (TPSA) is 72.6 Å². The minimum atomic E-state index is -0.435. The highest BCUT2D eigenvalue weighted by Gasteiger charge is 2.15. The monoisotopic (exact) mass is 236 g/mol. The van der Waals surface area contributed by atoms with Gasteiger partial charge in [-0.3, -0.25) is 14.9 Å². The number of hydrogen-bond acceptors (Lipinski definition) is 4. The highest BCUT2D eigenvalue weighted by atomic mass is 32.2. The molecule has 0 saturated carbocycles. The number of nitro groups is 1. The minimum Gasteiger partial charge on any atom is -0.272 e. The van der Waals surface area contributed by atoms with Gasteiger partial charge in [0.05, 0.1) is 15.7 Å². The summed E-state index contributed by atoms with van der Waals surface area (Å²) in [5.74, 6) is 0.296. The smallest absolute Gasteiger partial charge is 0.269 e. The van der Waals surface area contributed by atoms with Crippen LogP contribution in [0.3, 0.4) is 0 Å². The van der Waals surface area contributed by atoms with Crippen molar-refractivity contribution in [1.29, 1.82) is 0 Å². The van der Waals surface area contributed by atoms with Crippen molar-refractivity contribution in [2.24, 2.45) is 4.99 Å². The lowest BCUT2D eigenvalue weighted by atomic mass is 10.1. The van der Waals surface area contributed by atoms with E-state index in [0.717, 1.165) is 10.6 Å². The molecule has 1 aliphatic rings. The van der Waals surface area contributed by atoms with Crippen LogP contribution in [0.15, 0.2) is 29.3 Å². The van der Waals surface area contributed by atoms with Crippen LogP contribution in [0.2, 0.25) is 0 Å². The first-order valence-corrected chi connectivity index (χ1v) is 5.60. The van der Waals surface area contributed by atoms with E-state index in [1.807, 2.05) is 0 Å². The molecule has 0 aromatic heterocycles. The van der Waals surface area contributed by atoms with E-state index in [9.17, 15) is 14.9 Å². The van der Waals surface area contributed by atoms with Crippen molar-refractivity contribution in [3.8, 4) is 0 Å². The lowest BCUT2D eigenvalue weighted by Crippen LogP contribution is -1.95. The molecule has 0 bridgehead atoms. The molecule has 16 heavy (non-hydrogen) atoms. The molecule has 1 heterocycles. The maximum Gasteiger partial charge on any atom is 0.269 e. The van der Waals surface area contributed by atoms with E-state index < -0.39 is 4.92 Å². The summed E-state index contributed by atoms with van der Waals surface area (Å²) < 4.78 is 0. The summed E-state index contributed by atoms with van der Waals surface area (Å²) in [6.45, 7) is 0. The second-order valence-corrected chi connectivity index (χ2v) is 4.34. The van der Waals surface area contributed by atoms with Crippen molar-refractivity contribution in [3.63, 3.8) is 0 Å². The van der Waals surface area contributed by atoms with Crippen molar-refractivity contribution in [1.82, 2.24) is 0 Å². The molecule has 0 N–H and O–H groups in total. The van der Waals surface area contributed by atoms with Crippen molar-refractivity contribution < 1.29 is 9.72 Å². The Morgan fingerprint density at radius 2 is 2.06 bits per heavy atom. The molecule has 6 heteroatoms. The molecule has 0 unspecified atom stereocenters. The lowest BCUT2D eigenvalue weighted by Gasteiger charge is -1.99. The second-order valence-electron chi connectivity index (χ2n) is 3.29. The van der Waals surface area contributed by atoms with Gasteiger partial charge in [0.1, 0.15) is 0 Å². The summed E-state index contributed by atoms with van der Waals surface area (Å²) in [5, 5.41) is 11.2. The third-order valence-electron chi connectivity index (χ3n) is 2.11. The van der Waals surface area contributed by atoms with E-state index in [-0.39, 0.29) is 11.6 Å². The maximum absolute atomic E-state index is 10.9. The predicted molar refractivity (Wildman–Crippen MR) is 61.7 cm³/mol. The van der Waals surface area contributed by atoms with Gasteiger partial charge < -0.3 is 0 Å². The zero-order valence-corrected chi connectivity index (χ0v) is 9.07. The Balaban J connectivity index is 2.08. The molecule has 0 saturated heterocycles. The molecule has 1 amide bonds. The van der Waals surface area contributed by atoms with Crippen LogP contribution in [0.5, 0.6) is 0 Å². The van der Waals surface area contributed by atoms with Crippen LogP contribution in [0, 0.1) is 10.1 Å². The number of hydrogen-bond donors (Lipinski definition) is 0. The maximum atomic E-state index is 10.9. The van der Waals surface area contributed by atoms with Crippen molar-refractivity contribution in [2.45, 2.75) is 6.42 Å².